The lowest BCUT2D eigenvalue weighted by molar-refractivity contribution is 0.220. The molecule has 2 N–H and O–H groups in total. The molecule has 106 valence electrons. The smallest absolute Gasteiger partial charge is 0.157 e. The summed E-state index contributed by atoms with van der Waals surface area (Å²) in [6.45, 7) is 2.26. The number of hydrogen-bond donors (Lipinski definition) is 1. The molecule has 0 unspecified atom stereocenters. The van der Waals surface area contributed by atoms with Crippen molar-refractivity contribution in [3.63, 3.8) is 0 Å². The number of nitrogens with two attached hydrogens (primary N) is 1. The van der Waals surface area contributed by atoms with Gasteiger partial charge in [0.2, 0.25) is 0 Å². The zero-order valence-electron chi connectivity index (χ0n) is 12.0. The van der Waals surface area contributed by atoms with Gasteiger partial charge in [-0.25, -0.2) is 0 Å². The van der Waals surface area contributed by atoms with Gasteiger partial charge in [-0.05, 0) is 43.7 Å². The highest BCUT2D eigenvalue weighted by molar-refractivity contribution is 5.33. The topological polar surface area (TPSA) is 56.7 Å². The van der Waals surface area contributed by atoms with E-state index in [-0.39, 0.29) is 5.54 Å². The second-order valence-electron chi connectivity index (χ2n) is 5.87. The van der Waals surface area contributed by atoms with E-state index in [1.165, 1.54) is 19.3 Å². The van der Waals surface area contributed by atoms with E-state index in [0.717, 1.165) is 30.3 Å². The van der Waals surface area contributed by atoms with Crippen LogP contribution in [0.15, 0.2) is 36.7 Å². The molecule has 1 aromatic heterocycles. The van der Waals surface area contributed by atoms with Crippen molar-refractivity contribution < 1.29 is 0 Å². The number of para-hydroxylation sites is 1. The Kier molecular flexibility index (Phi) is 3.57. The normalized spacial score (nSPS) is 26.6. The Morgan fingerprint density at radius 3 is 2.60 bits per heavy atom. The van der Waals surface area contributed by atoms with Gasteiger partial charge in [0, 0.05) is 5.69 Å². The average Bonchev–Trinajstić information content (AvgIpc) is 2.99. The van der Waals surface area contributed by atoms with Crippen LogP contribution in [0.1, 0.15) is 44.9 Å². The molecule has 0 amide bonds. The van der Waals surface area contributed by atoms with Crippen LogP contribution in [0.25, 0.3) is 5.69 Å². The largest absolute Gasteiger partial charge is 0.319 e. The van der Waals surface area contributed by atoms with Crippen LogP contribution in [0.3, 0.4) is 0 Å². The van der Waals surface area contributed by atoms with Gasteiger partial charge < -0.3 is 5.73 Å². The van der Waals surface area contributed by atoms with E-state index in [9.17, 15) is 0 Å². The maximum Gasteiger partial charge on any atom is 0.157 e. The Morgan fingerprint density at radius 1 is 1.25 bits per heavy atom. The average molecular weight is 270 g/mol. The quantitative estimate of drug-likeness (QED) is 0.932. The summed E-state index contributed by atoms with van der Waals surface area (Å²) < 4.78 is 2.03. The summed E-state index contributed by atoms with van der Waals surface area (Å²) >= 11 is 0. The van der Waals surface area contributed by atoms with Gasteiger partial charge in [-0.1, -0.05) is 31.5 Å². The first-order chi connectivity index (χ1) is 9.73. The molecule has 0 spiro atoms. The van der Waals surface area contributed by atoms with Gasteiger partial charge >= 0.3 is 0 Å². The maximum absolute atomic E-state index is 6.66. The summed E-state index contributed by atoms with van der Waals surface area (Å²) in [6, 6.07) is 10.2. The molecule has 1 saturated carbocycles. The van der Waals surface area contributed by atoms with E-state index in [1.54, 1.807) is 6.33 Å². The fourth-order valence-electron chi connectivity index (χ4n) is 3.18. The zero-order chi connectivity index (χ0) is 14.0. The highest BCUT2D eigenvalue weighted by Gasteiger charge is 2.36. The van der Waals surface area contributed by atoms with Crippen molar-refractivity contribution in [1.29, 1.82) is 0 Å². The van der Waals surface area contributed by atoms with Crippen LogP contribution >= 0.6 is 0 Å². The maximum atomic E-state index is 6.66. The van der Waals surface area contributed by atoms with Crippen LogP contribution in [-0.4, -0.2) is 14.8 Å². The third kappa shape index (κ3) is 2.36. The fourth-order valence-corrected chi connectivity index (χ4v) is 3.18. The summed E-state index contributed by atoms with van der Waals surface area (Å²) in [5, 5.41) is 8.42. The van der Waals surface area contributed by atoms with E-state index in [0.29, 0.717) is 0 Å². The zero-order valence-corrected chi connectivity index (χ0v) is 12.0. The molecular weight excluding hydrogens is 248 g/mol. The Hall–Kier alpha value is -1.68. The van der Waals surface area contributed by atoms with Crippen molar-refractivity contribution >= 4 is 0 Å². The predicted octanol–water partition coefficient (Wildman–Crippen LogP) is 3.02. The SMILES string of the molecule is CCC1CCC(N)(c2nncn2-c2ccccc2)CC1. The molecule has 0 saturated heterocycles. The summed E-state index contributed by atoms with van der Waals surface area (Å²) in [5.41, 5.74) is 7.40. The first-order valence-corrected chi connectivity index (χ1v) is 7.48. The lowest BCUT2D eigenvalue weighted by atomic mass is 9.75. The van der Waals surface area contributed by atoms with Crippen LogP contribution in [0.2, 0.25) is 0 Å². The van der Waals surface area contributed by atoms with Crippen molar-refractivity contribution in [1.82, 2.24) is 14.8 Å². The third-order valence-corrected chi connectivity index (χ3v) is 4.60. The molecule has 1 fully saturated rings. The minimum Gasteiger partial charge on any atom is -0.319 e. The van der Waals surface area contributed by atoms with Crippen LogP contribution < -0.4 is 5.73 Å². The summed E-state index contributed by atoms with van der Waals surface area (Å²) in [6.07, 6.45) is 7.39. The monoisotopic (exact) mass is 270 g/mol. The lowest BCUT2D eigenvalue weighted by Gasteiger charge is -2.36. The molecule has 4 nitrogen and oxygen atoms in total. The molecule has 2 aromatic rings. The van der Waals surface area contributed by atoms with Crippen molar-refractivity contribution in [2.24, 2.45) is 11.7 Å². The van der Waals surface area contributed by atoms with E-state index >= 15 is 0 Å². The van der Waals surface area contributed by atoms with Gasteiger partial charge in [0.25, 0.3) is 0 Å². The molecule has 1 aromatic carbocycles. The van der Waals surface area contributed by atoms with Gasteiger partial charge in [-0.2, -0.15) is 0 Å². The second kappa shape index (κ2) is 5.37. The Morgan fingerprint density at radius 2 is 1.95 bits per heavy atom. The first kappa shape index (κ1) is 13.3. The van der Waals surface area contributed by atoms with Crippen LogP contribution in [0.5, 0.6) is 0 Å². The van der Waals surface area contributed by atoms with E-state index in [1.807, 2.05) is 22.8 Å². The van der Waals surface area contributed by atoms with E-state index in [2.05, 4.69) is 29.3 Å². The molecule has 1 aliphatic rings. The number of nitrogens with zero attached hydrogens (tertiary/aromatic N) is 3. The number of rotatable bonds is 3. The second-order valence-corrected chi connectivity index (χ2v) is 5.87. The van der Waals surface area contributed by atoms with Crippen molar-refractivity contribution in [2.75, 3.05) is 0 Å². The predicted molar refractivity (Wildman–Crippen MR) is 79.5 cm³/mol. The molecule has 0 aliphatic heterocycles. The molecule has 0 radical (unpaired) electrons. The molecule has 4 heteroatoms. The highest BCUT2D eigenvalue weighted by atomic mass is 15.3. The van der Waals surface area contributed by atoms with Gasteiger partial charge in [0.15, 0.2) is 5.82 Å². The summed E-state index contributed by atoms with van der Waals surface area (Å²) in [7, 11) is 0. The minimum absolute atomic E-state index is 0.335. The first-order valence-electron chi connectivity index (χ1n) is 7.48. The molecule has 0 atom stereocenters. The number of aromatic nitrogens is 3. The minimum atomic E-state index is -0.335. The molecule has 20 heavy (non-hydrogen) atoms. The Balaban J connectivity index is 1.90. The standard InChI is InChI=1S/C16H22N4/c1-2-13-8-10-16(17,11-9-13)15-19-18-12-20(15)14-6-4-3-5-7-14/h3-7,12-13H,2,8-11,17H2,1H3. The van der Waals surface area contributed by atoms with Crippen molar-refractivity contribution in [3.05, 3.63) is 42.5 Å². The van der Waals surface area contributed by atoms with Crippen LogP contribution in [0, 0.1) is 5.92 Å². The van der Waals surface area contributed by atoms with Crippen LogP contribution in [-0.2, 0) is 5.54 Å². The summed E-state index contributed by atoms with van der Waals surface area (Å²) in [5.74, 6) is 1.72. The molecule has 1 aliphatic carbocycles. The van der Waals surface area contributed by atoms with E-state index < -0.39 is 0 Å². The van der Waals surface area contributed by atoms with Gasteiger partial charge in [0.1, 0.15) is 6.33 Å². The Bertz CT molecular complexity index is 553. The molecule has 0 bridgehead atoms. The third-order valence-electron chi connectivity index (χ3n) is 4.60. The van der Waals surface area contributed by atoms with Crippen molar-refractivity contribution in [3.8, 4) is 5.69 Å². The highest BCUT2D eigenvalue weighted by Crippen LogP contribution is 2.38. The summed E-state index contributed by atoms with van der Waals surface area (Å²) in [4.78, 5) is 0. The number of hydrogen-bond acceptors (Lipinski definition) is 3. The van der Waals surface area contributed by atoms with Crippen LogP contribution in [0.4, 0.5) is 0 Å². The molecule has 1 heterocycles. The Labute approximate surface area is 120 Å². The van der Waals surface area contributed by atoms with E-state index in [4.69, 9.17) is 5.73 Å². The fraction of sp³-hybridized carbons (Fsp3) is 0.500. The molecular formula is C16H22N4. The van der Waals surface area contributed by atoms with Crippen molar-refractivity contribution in [2.45, 2.75) is 44.6 Å². The van der Waals surface area contributed by atoms with Gasteiger partial charge in [0.05, 0.1) is 5.54 Å². The number of benzene rings is 1. The van der Waals surface area contributed by atoms with Gasteiger partial charge in [-0.3, -0.25) is 4.57 Å². The molecule has 3 rings (SSSR count). The van der Waals surface area contributed by atoms with Gasteiger partial charge in [-0.15, -0.1) is 10.2 Å². The lowest BCUT2D eigenvalue weighted by Crippen LogP contribution is -2.42.